The molecule has 1 unspecified atom stereocenters. The molecule has 0 aromatic heterocycles. The number of hydrogen-bond acceptors (Lipinski definition) is 2. The highest BCUT2D eigenvalue weighted by atomic mass is 79.9. The van der Waals surface area contributed by atoms with Crippen molar-refractivity contribution in [1.82, 2.24) is 5.32 Å². The van der Waals surface area contributed by atoms with Crippen LogP contribution in [0.25, 0.3) is 0 Å². The minimum atomic E-state index is -4.52. The smallest absolute Gasteiger partial charge is 0.311 e. The lowest BCUT2D eigenvalue weighted by atomic mass is 10.1. The molecule has 6 heteroatoms. The maximum absolute atomic E-state index is 11.6. The predicted molar refractivity (Wildman–Crippen MR) is 52.4 cm³/mol. The fourth-order valence-electron chi connectivity index (χ4n) is 0.880. The van der Waals surface area contributed by atoms with Gasteiger partial charge in [-0.2, -0.15) is 0 Å². The van der Waals surface area contributed by atoms with Crippen molar-refractivity contribution in [3.8, 4) is 0 Å². The van der Waals surface area contributed by atoms with Gasteiger partial charge in [-0.25, -0.2) is 0 Å². The van der Waals surface area contributed by atoms with Gasteiger partial charge in [-0.3, -0.25) is 4.74 Å². The second-order valence-electron chi connectivity index (χ2n) is 3.25. The first-order valence-corrected chi connectivity index (χ1v) is 5.49. The van der Waals surface area contributed by atoms with E-state index in [1.807, 2.05) is 13.8 Å². The fourth-order valence-corrected chi connectivity index (χ4v) is 1.86. The van der Waals surface area contributed by atoms with Gasteiger partial charge in [0.05, 0.1) is 6.61 Å². The summed E-state index contributed by atoms with van der Waals surface area (Å²) in [6, 6.07) is 0.173. The molecule has 0 radical (unpaired) electrons. The molecule has 0 heterocycles. The lowest BCUT2D eigenvalue weighted by Gasteiger charge is -2.19. The number of nitrogens with one attached hydrogen (secondary N) is 1. The third kappa shape index (κ3) is 7.58. The largest absolute Gasteiger partial charge is 0.522 e. The van der Waals surface area contributed by atoms with E-state index in [1.165, 1.54) is 0 Å². The topological polar surface area (TPSA) is 21.3 Å². The molecule has 0 spiro atoms. The van der Waals surface area contributed by atoms with Crippen LogP contribution in [0.1, 0.15) is 13.8 Å². The third-order valence-electron chi connectivity index (χ3n) is 1.75. The van der Waals surface area contributed by atoms with E-state index in [2.05, 4.69) is 26.0 Å². The van der Waals surface area contributed by atoms with Crippen LogP contribution in [0.15, 0.2) is 0 Å². The van der Waals surface area contributed by atoms with E-state index >= 15 is 0 Å². The predicted octanol–water partition coefficient (Wildman–Crippen LogP) is 2.53. The van der Waals surface area contributed by atoms with Crippen LogP contribution < -0.4 is 5.32 Å². The van der Waals surface area contributed by atoms with E-state index in [1.54, 1.807) is 0 Å². The van der Waals surface area contributed by atoms with Crippen LogP contribution >= 0.6 is 15.9 Å². The number of ether oxygens (including phenoxy) is 1. The summed E-state index contributed by atoms with van der Waals surface area (Å²) in [4.78, 5) is 0. The molecule has 0 aliphatic carbocycles. The van der Waals surface area contributed by atoms with Crippen molar-refractivity contribution in [2.45, 2.75) is 26.3 Å². The molecular weight excluding hydrogens is 263 g/mol. The minimum Gasteiger partial charge on any atom is -0.311 e. The molecule has 0 fully saturated rings. The quantitative estimate of drug-likeness (QED) is 0.595. The average molecular weight is 278 g/mol. The first-order valence-electron chi connectivity index (χ1n) is 4.37. The molecule has 14 heavy (non-hydrogen) atoms. The van der Waals surface area contributed by atoms with E-state index in [0.29, 0.717) is 5.92 Å². The average Bonchev–Trinajstić information content (AvgIpc) is 2.01. The number of rotatable bonds is 6. The zero-order valence-corrected chi connectivity index (χ0v) is 9.78. The van der Waals surface area contributed by atoms with Crippen LogP contribution in [0, 0.1) is 5.92 Å². The third-order valence-corrected chi connectivity index (χ3v) is 2.44. The van der Waals surface area contributed by atoms with E-state index in [-0.39, 0.29) is 19.2 Å². The molecule has 2 nitrogen and oxygen atoms in total. The van der Waals surface area contributed by atoms with Gasteiger partial charge in [0.1, 0.15) is 0 Å². The molecule has 0 saturated carbocycles. The second-order valence-corrected chi connectivity index (χ2v) is 3.90. The van der Waals surface area contributed by atoms with Crippen LogP contribution in [0.2, 0.25) is 0 Å². The maximum Gasteiger partial charge on any atom is 0.522 e. The van der Waals surface area contributed by atoms with E-state index < -0.39 is 6.36 Å². The molecule has 0 aromatic carbocycles. The Morgan fingerprint density at radius 3 is 2.29 bits per heavy atom. The molecular formula is C8H15BrF3NO. The summed E-state index contributed by atoms with van der Waals surface area (Å²) >= 11 is 3.28. The number of halogens is 4. The van der Waals surface area contributed by atoms with Crippen molar-refractivity contribution in [1.29, 1.82) is 0 Å². The highest BCUT2D eigenvalue weighted by molar-refractivity contribution is 9.09. The van der Waals surface area contributed by atoms with Crippen molar-refractivity contribution < 1.29 is 17.9 Å². The molecule has 0 rings (SSSR count). The van der Waals surface area contributed by atoms with Crippen molar-refractivity contribution in [3.63, 3.8) is 0 Å². The number of alkyl halides is 4. The van der Waals surface area contributed by atoms with E-state index in [4.69, 9.17) is 0 Å². The first kappa shape index (κ1) is 14.2. The van der Waals surface area contributed by atoms with Gasteiger partial charge in [-0.05, 0) is 5.92 Å². The lowest BCUT2D eigenvalue weighted by Crippen LogP contribution is -2.38. The Bertz CT molecular complexity index is 152. The molecule has 0 saturated heterocycles. The Morgan fingerprint density at radius 1 is 1.36 bits per heavy atom. The van der Waals surface area contributed by atoms with Gasteiger partial charge >= 0.3 is 6.36 Å². The summed E-state index contributed by atoms with van der Waals surface area (Å²) < 4.78 is 38.3. The molecule has 0 aliphatic heterocycles. The Morgan fingerprint density at radius 2 is 1.93 bits per heavy atom. The van der Waals surface area contributed by atoms with Crippen LogP contribution in [-0.4, -0.2) is 30.9 Å². The molecule has 86 valence electrons. The summed E-state index contributed by atoms with van der Waals surface area (Å²) in [5.41, 5.74) is 0. The summed E-state index contributed by atoms with van der Waals surface area (Å²) in [5.74, 6) is 0.375. The Balaban J connectivity index is 3.52. The molecule has 1 atom stereocenters. The van der Waals surface area contributed by atoms with Gasteiger partial charge in [-0.1, -0.05) is 29.8 Å². The van der Waals surface area contributed by atoms with Crippen molar-refractivity contribution in [2.24, 2.45) is 5.92 Å². The summed E-state index contributed by atoms with van der Waals surface area (Å²) in [6.07, 6.45) is -4.52. The Kier molecular flexibility index (Phi) is 6.72. The molecule has 1 N–H and O–H groups in total. The normalized spacial score (nSPS) is 14.8. The minimum absolute atomic E-state index is 0.173. The zero-order valence-electron chi connectivity index (χ0n) is 8.20. The summed E-state index contributed by atoms with van der Waals surface area (Å²) in [7, 11) is 0. The SMILES string of the molecule is CC(C)C(CBr)NCCOC(F)(F)F. The Hall–Kier alpha value is 0.190. The van der Waals surface area contributed by atoms with Crippen LogP contribution in [-0.2, 0) is 4.74 Å². The number of hydrogen-bond donors (Lipinski definition) is 1. The molecule has 0 aliphatic rings. The van der Waals surface area contributed by atoms with Gasteiger partial charge in [0.15, 0.2) is 0 Å². The van der Waals surface area contributed by atoms with E-state index in [9.17, 15) is 13.2 Å². The van der Waals surface area contributed by atoms with Gasteiger partial charge in [0.25, 0.3) is 0 Å². The van der Waals surface area contributed by atoms with Crippen molar-refractivity contribution >= 4 is 15.9 Å². The standard InChI is InChI=1S/C8H15BrF3NO/c1-6(2)7(5-9)13-3-4-14-8(10,11)12/h6-7,13H,3-5H2,1-2H3. The molecule has 0 bridgehead atoms. The highest BCUT2D eigenvalue weighted by Gasteiger charge is 2.28. The van der Waals surface area contributed by atoms with Crippen molar-refractivity contribution in [2.75, 3.05) is 18.5 Å². The van der Waals surface area contributed by atoms with Crippen LogP contribution in [0.5, 0.6) is 0 Å². The summed E-state index contributed by atoms with van der Waals surface area (Å²) in [6.45, 7) is 3.86. The summed E-state index contributed by atoms with van der Waals surface area (Å²) in [5, 5.41) is 3.69. The lowest BCUT2D eigenvalue weighted by molar-refractivity contribution is -0.323. The highest BCUT2D eigenvalue weighted by Crippen LogP contribution is 2.15. The Labute approximate surface area is 90.3 Å². The van der Waals surface area contributed by atoms with Gasteiger partial charge < -0.3 is 5.32 Å². The van der Waals surface area contributed by atoms with E-state index in [0.717, 1.165) is 5.33 Å². The fraction of sp³-hybridized carbons (Fsp3) is 1.00. The van der Waals surface area contributed by atoms with Crippen molar-refractivity contribution in [3.05, 3.63) is 0 Å². The van der Waals surface area contributed by atoms with Crippen LogP contribution in [0.3, 0.4) is 0 Å². The molecule has 0 amide bonds. The zero-order chi connectivity index (χ0) is 11.2. The van der Waals surface area contributed by atoms with Gasteiger partial charge in [-0.15, -0.1) is 13.2 Å². The maximum atomic E-state index is 11.6. The van der Waals surface area contributed by atoms with Crippen LogP contribution in [0.4, 0.5) is 13.2 Å². The second kappa shape index (κ2) is 6.63. The monoisotopic (exact) mass is 277 g/mol. The first-order chi connectivity index (χ1) is 6.37. The van der Waals surface area contributed by atoms with Gasteiger partial charge in [0.2, 0.25) is 0 Å². The molecule has 0 aromatic rings. The van der Waals surface area contributed by atoms with Gasteiger partial charge in [0, 0.05) is 17.9 Å².